The summed E-state index contributed by atoms with van der Waals surface area (Å²) >= 11 is 0. The van der Waals surface area contributed by atoms with Crippen molar-refractivity contribution < 1.29 is 4.74 Å². The average Bonchev–Trinajstić information content (AvgIpc) is 2.46. The third-order valence-corrected chi connectivity index (χ3v) is 3.96. The van der Waals surface area contributed by atoms with Crippen LogP contribution in [-0.2, 0) is 6.54 Å². The maximum absolute atomic E-state index is 8.88. The fourth-order valence-electron chi connectivity index (χ4n) is 2.74. The van der Waals surface area contributed by atoms with Crippen LogP contribution in [0.1, 0.15) is 36.8 Å². The van der Waals surface area contributed by atoms with Crippen molar-refractivity contribution in [3.8, 4) is 11.8 Å². The molecule has 0 heterocycles. The predicted octanol–water partition coefficient (Wildman–Crippen LogP) is 3.18. The number of nitriles is 1. The molecule has 0 amide bonds. The van der Waals surface area contributed by atoms with Crippen molar-refractivity contribution in [1.82, 2.24) is 5.32 Å². The molecular formula is C16H22N2O. The fraction of sp³-hybridized carbons (Fsp3) is 0.562. The van der Waals surface area contributed by atoms with Crippen LogP contribution in [0.4, 0.5) is 0 Å². The van der Waals surface area contributed by atoms with E-state index in [4.69, 9.17) is 10.00 Å². The summed E-state index contributed by atoms with van der Waals surface area (Å²) < 4.78 is 5.27. The summed E-state index contributed by atoms with van der Waals surface area (Å²) in [4.78, 5) is 0. The quantitative estimate of drug-likeness (QED) is 0.902. The number of aryl methyl sites for hydroxylation is 1. The topological polar surface area (TPSA) is 45.0 Å². The van der Waals surface area contributed by atoms with Gasteiger partial charge in [-0.1, -0.05) is 12.1 Å². The highest BCUT2D eigenvalue weighted by Gasteiger charge is 2.20. The molecule has 1 N–H and O–H groups in total. The highest BCUT2D eigenvalue weighted by Crippen LogP contribution is 2.24. The summed E-state index contributed by atoms with van der Waals surface area (Å²) in [6.07, 6.45) is 4.31. The normalized spacial score (nSPS) is 22.8. The predicted molar refractivity (Wildman–Crippen MR) is 75.9 cm³/mol. The molecule has 0 saturated heterocycles. The number of hydrogen-bond donors (Lipinski definition) is 1. The van der Waals surface area contributed by atoms with Crippen LogP contribution in [0.15, 0.2) is 18.2 Å². The number of benzene rings is 1. The summed E-state index contributed by atoms with van der Waals surface area (Å²) in [6, 6.07) is 9.25. The number of rotatable bonds is 4. The van der Waals surface area contributed by atoms with Crippen molar-refractivity contribution >= 4 is 0 Å². The van der Waals surface area contributed by atoms with E-state index in [2.05, 4.69) is 30.4 Å². The van der Waals surface area contributed by atoms with Gasteiger partial charge in [0.1, 0.15) is 5.75 Å². The average molecular weight is 258 g/mol. The molecule has 102 valence electrons. The fourth-order valence-corrected chi connectivity index (χ4v) is 2.74. The van der Waals surface area contributed by atoms with Crippen molar-refractivity contribution in [3.63, 3.8) is 0 Å². The zero-order chi connectivity index (χ0) is 13.7. The van der Waals surface area contributed by atoms with Gasteiger partial charge < -0.3 is 10.1 Å². The molecule has 0 atom stereocenters. The van der Waals surface area contributed by atoms with Gasteiger partial charge >= 0.3 is 0 Å². The van der Waals surface area contributed by atoms with Gasteiger partial charge in [-0.15, -0.1) is 0 Å². The van der Waals surface area contributed by atoms with Crippen molar-refractivity contribution in [3.05, 3.63) is 29.3 Å². The first-order valence-corrected chi connectivity index (χ1v) is 6.99. The van der Waals surface area contributed by atoms with Crippen molar-refractivity contribution in [2.45, 2.75) is 45.2 Å². The Morgan fingerprint density at radius 2 is 2.05 bits per heavy atom. The number of hydrogen-bond acceptors (Lipinski definition) is 3. The molecule has 1 fully saturated rings. The molecule has 1 aliphatic carbocycles. The van der Waals surface area contributed by atoms with Crippen LogP contribution in [0.3, 0.4) is 0 Å². The summed E-state index contributed by atoms with van der Waals surface area (Å²) in [7, 11) is 1.70. The maximum Gasteiger partial charge on any atom is 0.121 e. The molecule has 0 unspecified atom stereocenters. The Labute approximate surface area is 115 Å². The minimum absolute atomic E-state index is 0.279. The monoisotopic (exact) mass is 258 g/mol. The van der Waals surface area contributed by atoms with E-state index < -0.39 is 0 Å². The molecule has 1 aliphatic rings. The van der Waals surface area contributed by atoms with Gasteiger partial charge in [0, 0.05) is 18.5 Å². The third-order valence-electron chi connectivity index (χ3n) is 3.96. The van der Waals surface area contributed by atoms with Gasteiger partial charge in [0.2, 0.25) is 0 Å². The summed E-state index contributed by atoms with van der Waals surface area (Å²) in [5, 5.41) is 12.5. The Balaban J connectivity index is 1.83. The van der Waals surface area contributed by atoms with Crippen LogP contribution in [0.25, 0.3) is 0 Å². The van der Waals surface area contributed by atoms with Crippen LogP contribution >= 0.6 is 0 Å². The van der Waals surface area contributed by atoms with Crippen LogP contribution in [-0.4, -0.2) is 13.2 Å². The van der Waals surface area contributed by atoms with Crippen LogP contribution in [0.5, 0.6) is 5.75 Å². The van der Waals surface area contributed by atoms with Gasteiger partial charge in [-0.25, -0.2) is 0 Å². The summed E-state index contributed by atoms with van der Waals surface area (Å²) in [5.74, 6) is 1.22. The van der Waals surface area contributed by atoms with Crippen molar-refractivity contribution in [2.75, 3.05) is 7.11 Å². The maximum atomic E-state index is 8.88. The lowest BCUT2D eigenvalue weighted by Gasteiger charge is -2.25. The minimum atomic E-state index is 0.279. The molecule has 0 aromatic heterocycles. The molecule has 19 heavy (non-hydrogen) atoms. The van der Waals surface area contributed by atoms with E-state index in [-0.39, 0.29) is 5.92 Å². The second-order valence-corrected chi connectivity index (χ2v) is 5.36. The van der Waals surface area contributed by atoms with E-state index in [9.17, 15) is 0 Å². The molecule has 0 aliphatic heterocycles. The van der Waals surface area contributed by atoms with Gasteiger partial charge in [0.15, 0.2) is 0 Å². The van der Waals surface area contributed by atoms with E-state index in [1.807, 2.05) is 6.07 Å². The highest BCUT2D eigenvalue weighted by molar-refractivity contribution is 5.36. The van der Waals surface area contributed by atoms with Crippen LogP contribution < -0.4 is 10.1 Å². The smallest absolute Gasteiger partial charge is 0.121 e. The second kappa shape index (κ2) is 6.58. The molecule has 1 aromatic rings. The first-order chi connectivity index (χ1) is 9.22. The Kier molecular flexibility index (Phi) is 4.81. The van der Waals surface area contributed by atoms with Gasteiger partial charge in [0.05, 0.1) is 13.2 Å². The number of methoxy groups -OCH3 is 1. The zero-order valence-electron chi connectivity index (χ0n) is 11.8. The standard InChI is InChI=1S/C16H22N2O/c1-12-9-14(5-8-16(12)19-2)11-18-15-6-3-13(10-17)4-7-15/h5,8-9,13,15,18H,3-4,6-7,11H2,1-2H3. The highest BCUT2D eigenvalue weighted by atomic mass is 16.5. The summed E-state index contributed by atoms with van der Waals surface area (Å²) in [6.45, 7) is 2.97. The van der Waals surface area contributed by atoms with Crippen LogP contribution in [0.2, 0.25) is 0 Å². The Bertz CT molecular complexity index is 456. The zero-order valence-corrected chi connectivity index (χ0v) is 11.8. The third kappa shape index (κ3) is 3.71. The van der Waals surface area contributed by atoms with E-state index in [1.54, 1.807) is 7.11 Å². The van der Waals surface area contributed by atoms with Gasteiger partial charge in [0.25, 0.3) is 0 Å². The van der Waals surface area contributed by atoms with E-state index >= 15 is 0 Å². The van der Waals surface area contributed by atoms with E-state index in [0.29, 0.717) is 6.04 Å². The van der Waals surface area contributed by atoms with Gasteiger partial charge in [-0.05, 0) is 49.8 Å². The molecule has 0 radical (unpaired) electrons. The first-order valence-electron chi connectivity index (χ1n) is 6.99. The lowest BCUT2D eigenvalue weighted by Crippen LogP contribution is -2.32. The van der Waals surface area contributed by atoms with Crippen molar-refractivity contribution in [1.29, 1.82) is 5.26 Å². The lowest BCUT2D eigenvalue weighted by molar-refractivity contribution is 0.331. The first kappa shape index (κ1) is 13.9. The van der Waals surface area contributed by atoms with E-state index in [1.165, 1.54) is 11.1 Å². The Hall–Kier alpha value is -1.53. The number of nitrogens with one attached hydrogen (secondary N) is 1. The van der Waals surface area contributed by atoms with Crippen molar-refractivity contribution in [2.24, 2.45) is 5.92 Å². The lowest BCUT2D eigenvalue weighted by atomic mass is 9.87. The number of nitrogens with zero attached hydrogens (tertiary/aromatic N) is 1. The largest absolute Gasteiger partial charge is 0.496 e. The molecule has 1 aromatic carbocycles. The van der Waals surface area contributed by atoms with Crippen LogP contribution in [0, 0.1) is 24.2 Å². The second-order valence-electron chi connectivity index (χ2n) is 5.36. The Morgan fingerprint density at radius 1 is 1.32 bits per heavy atom. The minimum Gasteiger partial charge on any atom is -0.496 e. The molecule has 2 rings (SSSR count). The SMILES string of the molecule is COc1ccc(CNC2CCC(C#N)CC2)cc1C. The molecule has 0 spiro atoms. The summed E-state index contributed by atoms with van der Waals surface area (Å²) in [5.41, 5.74) is 2.47. The Morgan fingerprint density at radius 3 is 2.63 bits per heavy atom. The molecule has 1 saturated carbocycles. The molecule has 0 bridgehead atoms. The van der Waals surface area contributed by atoms with E-state index in [0.717, 1.165) is 38.0 Å². The molecule has 3 nitrogen and oxygen atoms in total. The number of ether oxygens (including phenoxy) is 1. The van der Waals surface area contributed by atoms with Gasteiger partial charge in [-0.3, -0.25) is 0 Å². The molecular weight excluding hydrogens is 236 g/mol. The van der Waals surface area contributed by atoms with Gasteiger partial charge in [-0.2, -0.15) is 5.26 Å². The molecule has 3 heteroatoms.